The van der Waals surface area contributed by atoms with Gasteiger partial charge in [-0.3, -0.25) is 0 Å². The van der Waals surface area contributed by atoms with Gasteiger partial charge in [0.05, 0.1) is 0 Å². The molecule has 0 saturated carbocycles. The number of halogens is 1. The van der Waals surface area contributed by atoms with Crippen LogP contribution in [0.15, 0.2) is 48.5 Å². The molecule has 3 aromatic rings. The van der Waals surface area contributed by atoms with Crippen molar-refractivity contribution in [3.8, 4) is 0 Å². The number of aryl methyl sites for hydroxylation is 3. The maximum Gasteiger partial charge on any atom is 0.134 e. The molecule has 4 rings (SSSR count). The predicted molar refractivity (Wildman–Crippen MR) is 122 cm³/mol. The van der Waals surface area contributed by atoms with E-state index in [1.54, 1.807) is 0 Å². The third kappa shape index (κ3) is 4.39. The second-order valence-corrected chi connectivity index (χ2v) is 8.77. The van der Waals surface area contributed by atoms with Crippen LogP contribution in [0.5, 0.6) is 0 Å². The van der Waals surface area contributed by atoms with E-state index in [0.29, 0.717) is 0 Å². The van der Waals surface area contributed by atoms with Gasteiger partial charge >= 0.3 is 0 Å². The molecule has 29 heavy (non-hydrogen) atoms. The van der Waals surface area contributed by atoms with Crippen molar-refractivity contribution < 1.29 is 4.39 Å². The molecular formula is C28H33F. The van der Waals surface area contributed by atoms with Gasteiger partial charge in [-0.25, -0.2) is 4.39 Å². The highest BCUT2D eigenvalue weighted by Crippen LogP contribution is 2.36. The lowest BCUT2D eigenvalue weighted by Crippen LogP contribution is -2.14. The average Bonchev–Trinajstić information content (AvgIpc) is 2.74. The number of hydrogen-bond acceptors (Lipinski definition) is 0. The van der Waals surface area contributed by atoms with Gasteiger partial charge in [0.1, 0.15) is 5.82 Å². The Morgan fingerprint density at radius 2 is 1.66 bits per heavy atom. The highest BCUT2D eigenvalue weighted by molar-refractivity contribution is 5.84. The average molecular weight is 389 g/mol. The van der Waals surface area contributed by atoms with Gasteiger partial charge in [-0.1, -0.05) is 81.6 Å². The summed E-state index contributed by atoms with van der Waals surface area (Å²) in [4.78, 5) is 0. The zero-order valence-corrected chi connectivity index (χ0v) is 17.9. The Kier molecular flexibility index (Phi) is 6.33. The first-order valence-corrected chi connectivity index (χ1v) is 11.5. The van der Waals surface area contributed by atoms with Crippen molar-refractivity contribution >= 4 is 10.8 Å². The van der Waals surface area contributed by atoms with Crippen LogP contribution in [0.4, 0.5) is 4.39 Å². The van der Waals surface area contributed by atoms with Gasteiger partial charge in [-0.05, 0) is 77.6 Å². The quantitative estimate of drug-likeness (QED) is 0.360. The number of fused-ring (bicyclic) bond motifs is 2. The fourth-order valence-electron chi connectivity index (χ4n) is 4.93. The fraction of sp³-hybridized carbons (Fsp3) is 0.429. The molecule has 0 N–H and O–H groups in total. The predicted octanol–water partition coefficient (Wildman–Crippen LogP) is 7.94. The van der Waals surface area contributed by atoms with Crippen molar-refractivity contribution in [1.29, 1.82) is 0 Å². The van der Waals surface area contributed by atoms with E-state index < -0.39 is 0 Å². The SMILES string of the molecule is CCCCCc1ccc2c(F)c(C3CCc4cc(CCC)ccc4C3)ccc2c1. The van der Waals surface area contributed by atoms with E-state index in [-0.39, 0.29) is 11.7 Å². The van der Waals surface area contributed by atoms with Crippen LogP contribution >= 0.6 is 0 Å². The number of unbranched alkanes of at least 4 members (excludes halogenated alkanes) is 2. The molecule has 1 atom stereocenters. The first kappa shape index (κ1) is 20.1. The summed E-state index contributed by atoms with van der Waals surface area (Å²) in [5.74, 6) is 0.284. The zero-order chi connectivity index (χ0) is 20.2. The molecule has 3 aromatic carbocycles. The van der Waals surface area contributed by atoms with E-state index in [1.165, 1.54) is 47.9 Å². The minimum atomic E-state index is -0.00124. The summed E-state index contributed by atoms with van der Waals surface area (Å²) < 4.78 is 15.4. The monoisotopic (exact) mass is 388 g/mol. The lowest BCUT2D eigenvalue weighted by Gasteiger charge is -2.26. The van der Waals surface area contributed by atoms with Crippen molar-refractivity contribution in [2.45, 2.75) is 77.6 Å². The first-order valence-electron chi connectivity index (χ1n) is 11.5. The number of rotatable bonds is 7. The van der Waals surface area contributed by atoms with E-state index in [4.69, 9.17) is 0 Å². The molecule has 152 valence electrons. The normalized spacial score (nSPS) is 16.2. The van der Waals surface area contributed by atoms with Gasteiger partial charge in [0, 0.05) is 5.39 Å². The Labute approximate surface area is 175 Å². The molecule has 1 aliphatic rings. The Morgan fingerprint density at radius 1 is 0.828 bits per heavy atom. The summed E-state index contributed by atoms with van der Waals surface area (Å²) in [5.41, 5.74) is 6.56. The zero-order valence-electron chi connectivity index (χ0n) is 17.9. The van der Waals surface area contributed by atoms with Gasteiger partial charge in [-0.15, -0.1) is 0 Å². The second-order valence-electron chi connectivity index (χ2n) is 8.77. The summed E-state index contributed by atoms with van der Waals surface area (Å²) in [6.07, 6.45) is 10.2. The van der Waals surface area contributed by atoms with E-state index in [0.717, 1.165) is 48.4 Å². The summed E-state index contributed by atoms with van der Waals surface area (Å²) in [7, 11) is 0. The van der Waals surface area contributed by atoms with E-state index >= 15 is 4.39 Å². The molecule has 1 unspecified atom stereocenters. The smallest absolute Gasteiger partial charge is 0.134 e. The van der Waals surface area contributed by atoms with Gasteiger partial charge in [-0.2, -0.15) is 0 Å². The van der Waals surface area contributed by atoms with Crippen LogP contribution in [0.3, 0.4) is 0 Å². The maximum absolute atomic E-state index is 15.4. The Morgan fingerprint density at radius 3 is 2.48 bits per heavy atom. The minimum absolute atomic E-state index is 0.00124. The topological polar surface area (TPSA) is 0 Å². The number of benzene rings is 3. The maximum atomic E-state index is 15.4. The standard InChI is InChI=1S/C28H33F/c1-3-5-6-8-21-10-15-26-24(18-21)14-16-27(28(26)29)25-13-12-22-17-20(7-4-2)9-11-23(22)19-25/h9-11,14-18,25H,3-8,12-13,19H2,1-2H3. The molecule has 0 amide bonds. The summed E-state index contributed by atoms with van der Waals surface area (Å²) in [6.45, 7) is 4.46. The molecular weight excluding hydrogens is 355 g/mol. The van der Waals surface area contributed by atoms with Gasteiger partial charge in [0.25, 0.3) is 0 Å². The summed E-state index contributed by atoms with van der Waals surface area (Å²) in [6, 6.07) is 17.4. The van der Waals surface area contributed by atoms with Gasteiger partial charge in [0.15, 0.2) is 0 Å². The summed E-state index contributed by atoms with van der Waals surface area (Å²) >= 11 is 0. The third-order valence-corrected chi connectivity index (χ3v) is 6.59. The lowest BCUT2D eigenvalue weighted by molar-refractivity contribution is 0.539. The van der Waals surface area contributed by atoms with E-state index in [1.807, 2.05) is 6.07 Å². The fourth-order valence-corrected chi connectivity index (χ4v) is 4.93. The van der Waals surface area contributed by atoms with Crippen LogP contribution in [0, 0.1) is 5.82 Å². The number of hydrogen-bond donors (Lipinski definition) is 0. The molecule has 0 aliphatic heterocycles. The van der Waals surface area contributed by atoms with Crippen molar-refractivity contribution in [2.75, 3.05) is 0 Å². The molecule has 0 radical (unpaired) electrons. The van der Waals surface area contributed by atoms with Crippen LogP contribution < -0.4 is 0 Å². The molecule has 0 nitrogen and oxygen atoms in total. The molecule has 1 aliphatic carbocycles. The van der Waals surface area contributed by atoms with Gasteiger partial charge < -0.3 is 0 Å². The third-order valence-electron chi connectivity index (χ3n) is 6.59. The van der Waals surface area contributed by atoms with Crippen molar-refractivity contribution in [1.82, 2.24) is 0 Å². The van der Waals surface area contributed by atoms with Crippen LogP contribution in [0.1, 0.15) is 79.7 Å². The molecule has 0 bridgehead atoms. The van der Waals surface area contributed by atoms with E-state index in [2.05, 4.69) is 56.3 Å². The second kappa shape index (κ2) is 9.11. The van der Waals surface area contributed by atoms with E-state index in [9.17, 15) is 0 Å². The summed E-state index contributed by atoms with van der Waals surface area (Å²) in [5, 5.41) is 1.83. The van der Waals surface area contributed by atoms with Crippen molar-refractivity contribution in [3.63, 3.8) is 0 Å². The largest absolute Gasteiger partial charge is 0.206 e. The van der Waals surface area contributed by atoms with Crippen LogP contribution in [-0.2, 0) is 25.7 Å². The highest BCUT2D eigenvalue weighted by atomic mass is 19.1. The van der Waals surface area contributed by atoms with Crippen molar-refractivity contribution in [2.24, 2.45) is 0 Å². The first-order chi connectivity index (χ1) is 14.2. The molecule has 0 spiro atoms. The van der Waals surface area contributed by atoms with Crippen LogP contribution in [0.25, 0.3) is 10.8 Å². The van der Waals surface area contributed by atoms with Gasteiger partial charge in [0.2, 0.25) is 0 Å². The lowest BCUT2D eigenvalue weighted by atomic mass is 9.79. The minimum Gasteiger partial charge on any atom is -0.206 e. The highest BCUT2D eigenvalue weighted by Gasteiger charge is 2.23. The Bertz CT molecular complexity index is 985. The molecule has 0 heterocycles. The molecule has 1 heteroatoms. The Balaban J connectivity index is 1.56. The molecule has 0 fully saturated rings. The Hall–Kier alpha value is -2.15. The van der Waals surface area contributed by atoms with Crippen molar-refractivity contribution in [3.05, 3.63) is 82.2 Å². The molecule has 0 aromatic heterocycles. The van der Waals surface area contributed by atoms with Crippen LogP contribution in [0.2, 0.25) is 0 Å². The molecule has 0 saturated heterocycles. The van der Waals surface area contributed by atoms with Crippen LogP contribution in [-0.4, -0.2) is 0 Å².